The van der Waals surface area contributed by atoms with E-state index in [0.717, 1.165) is 12.8 Å². The van der Waals surface area contributed by atoms with E-state index in [1.54, 1.807) is 24.5 Å². The van der Waals surface area contributed by atoms with Gasteiger partial charge in [-0.05, 0) is 18.9 Å². The van der Waals surface area contributed by atoms with Crippen LogP contribution >= 0.6 is 0 Å². The second-order valence-electron chi connectivity index (χ2n) is 6.06. The van der Waals surface area contributed by atoms with Crippen LogP contribution in [0, 0.1) is 0 Å². The molecule has 1 aliphatic rings. The average molecular weight is 331 g/mol. The molecule has 2 aromatic heterocycles. The second kappa shape index (κ2) is 6.96. The maximum atomic E-state index is 12.1. The molecular weight excluding hydrogens is 310 g/mol. The van der Waals surface area contributed by atoms with Crippen molar-refractivity contribution >= 4 is 11.9 Å². The molecule has 3 rings (SSSR count). The lowest BCUT2D eigenvalue weighted by Crippen LogP contribution is -2.45. The monoisotopic (exact) mass is 331 g/mol. The molecule has 2 N–H and O–H groups in total. The van der Waals surface area contributed by atoms with Gasteiger partial charge in [0.2, 0.25) is 5.95 Å². The Morgan fingerprint density at radius 2 is 2.25 bits per heavy atom. The fraction of sp³-hybridized carbons (Fsp3) is 0.500. The number of nitrogens with one attached hydrogen (secondary N) is 1. The summed E-state index contributed by atoms with van der Waals surface area (Å²) in [7, 11) is 0. The van der Waals surface area contributed by atoms with Gasteiger partial charge >= 0.3 is 0 Å². The summed E-state index contributed by atoms with van der Waals surface area (Å²) in [6.45, 7) is 3.18. The molecule has 2 aromatic rings. The first kappa shape index (κ1) is 16.4. The van der Waals surface area contributed by atoms with Crippen LogP contribution in [-0.4, -0.2) is 51.4 Å². The lowest BCUT2D eigenvalue weighted by atomic mass is 10.0. The normalized spacial score (nSPS) is 20.3. The summed E-state index contributed by atoms with van der Waals surface area (Å²) >= 11 is 0. The summed E-state index contributed by atoms with van der Waals surface area (Å²) < 4.78 is 5.10. The van der Waals surface area contributed by atoms with E-state index in [9.17, 15) is 9.90 Å². The molecule has 0 aromatic carbocycles. The number of hydrogen-bond acceptors (Lipinski definition) is 7. The van der Waals surface area contributed by atoms with Crippen molar-refractivity contribution < 1.29 is 14.4 Å². The van der Waals surface area contributed by atoms with Crippen LogP contribution in [0.15, 0.2) is 29.0 Å². The number of β-amino-alcohol motifs (C(OH)–C–C–N with tert-alkyl or cyclic N) is 1. The molecule has 0 saturated carbocycles. The van der Waals surface area contributed by atoms with Crippen LogP contribution in [0.4, 0.5) is 5.95 Å². The molecule has 1 fully saturated rings. The van der Waals surface area contributed by atoms with Crippen molar-refractivity contribution in [1.82, 2.24) is 20.4 Å². The number of nitrogens with zero attached hydrogens (tertiary/aromatic N) is 4. The van der Waals surface area contributed by atoms with Gasteiger partial charge < -0.3 is 19.8 Å². The Balaban J connectivity index is 1.55. The molecule has 0 bridgehead atoms. The summed E-state index contributed by atoms with van der Waals surface area (Å²) in [5.41, 5.74) is -0.770. The quantitative estimate of drug-likeness (QED) is 0.806. The summed E-state index contributed by atoms with van der Waals surface area (Å²) in [5.74, 6) is 0.930. The van der Waals surface area contributed by atoms with Gasteiger partial charge in [0, 0.05) is 38.0 Å². The Kier molecular flexibility index (Phi) is 4.75. The molecule has 0 radical (unpaired) electrons. The fourth-order valence-electron chi connectivity index (χ4n) is 2.75. The van der Waals surface area contributed by atoms with Crippen LogP contribution in [0.1, 0.15) is 36.0 Å². The Bertz CT molecular complexity index is 690. The average Bonchev–Trinajstić information content (AvgIpc) is 3.22. The van der Waals surface area contributed by atoms with Crippen molar-refractivity contribution in [3.05, 3.63) is 36.0 Å². The predicted molar refractivity (Wildman–Crippen MR) is 86.6 cm³/mol. The zero-order chi connectivity index (χ0) is 17.0. The van der Waals surface area contributed by atoms with Gasteiger partial charge in [0.1, 0.15) is 11.4 Å². The minimum absolute atomic E-state index is 0.144. The van der Waals surface area contributed by atoms with Gasteiger partial charge in [0.15, 0.2) is 5.69 Å². The lowest BCUT2D eigenvalue weighted by molar-refractivity contribution is 0.0572. The van der Waals surface area contributed by atoms with E-state index in [4.69, 9.17) is 4.52 Å². The van der Waals surface area contributed by atoms with Gasteiger partial charge in [-0.15, -0.1) is 0 Å². The van der Waals surface area contributed by atoms with E-state index >= 15 is 0 Å². The third-order valence-corrected chi connectivity index (χ3v) is 4.03. The lowest BCUT2D eigenvalue weighted by Gasteiger charge is -2.23. The molecule has 8 nitrogen and oxygen atoms in total. The highest BCUT2D eigenvalue weighted by Crippen LogP contribution is 2.23. The van der Waals surface area contributed by atoms with E-state index in [-0.39, 0.29) is 18.1 Å². The highest BCUT2D eigenvalue weighted by molar-refractivity contribution is 5.92. The van der Waals surface area contributed by atoms with Crippen LogP contribution in [0.2, 0.25) is 0 Å². The smallest absolute Gasteiger partial charge is 0.273 e. The molecule has 1 amide bonds. The first-order valence-electron chi connectivity index (χ1n) is 8.08. The van der Waals surface area contributed by atoms with E-state index in [0.29, 0.717) is 31.2 Å². The molecule has 0 unspecified atom stereocenters. The highest BCUT2D eigenvalue weighted by atomic mass is 16.5. The molecule has 128 valence electrons. The number of aliphatic hydroxyl groups is 1. The van der Waals surface area contributed by atoms with Crippen LogP contribution in [0.25, 0.3) is 0 Å². The minimum Gasteiger partial charge on any atom is -0.386 e. The van der Waals surface area contributed by atoms with Gasteiger partial charge in [0.25, 0.3) is 5.91 Å². The number of rotatable bonds is 6. The Morgan fingerprint density at radius 3 is 3.00 bits per heavy atom. The molecule has 1 saturated heterocycles. The maximum absolute atomic E-state index is 12.1. The van der Waals surface area contributed by atoms with Gasteiger partial charge in [0.05, 0.1) is 6.54 Å². The number of carbonyl (C=O) groups excluding carboxylic acids is 1. The Labute approximate surface area is 139 Å². The maximum Gasteiger partial charge on any atom is 0.273 e. The third kappa shape index (κ3) is 3.70. The van der Waals surface area contributed by atoms with Crippen LogP contribution in [0.5, 0.6) is 0 Å². The van der Waals surface area contributed by atoms with E-state index in [1.165, 1.54) is 0 Å². The van der Waals surface area contributed by atoms with Gasteiger partial charge in [-0.3, -0.25) is 4.79 Å². The number of aryl methyl sites for hydroxylation is 1. The molecular formula is C16H21N5O3. The Morgan fingerprint density at radius 1 is 1.46 bits per heavy atom. The number of anilines is 1. The highest BCUT2D eigenvalue weighted by Gasteiger charge is 2.37. The first-order chi connectivity index (χ1) is 11.6. The van der Waals surface area contributed by atoms with Crippen LogP contribution in [0.3, 0.4) is 0 Å². The zero-order valence-electron chi connectivity index (χ0n) is 13.6. The van der Waals surface area contributed by atoms with Crippen molar-refractivity contribution in [1.29, 1.82) is 0 Å². The third-order valence-electron chi connectivity index (χ3n) is 4.03. The van der Waals surface area contributed by atoms with Crippen molar-refractivity contribution in [2.24, 2.45) is 0 Å². The van der Waals surface area contributed by atoms with Crippen molar-refractivity contribution in [2.45, 2.75) is 31.8 Å². The summed E-state index contributed by atoms with van der Waals surface area (Å²) in [6, 6.07) is 3.39. The predicted octanol–water partition coefficient (Wildman–Crippen LogP) is 0.788. The van der Waals surface area contributed by atoms with Crippen LogP contribution < -0.4 is 10.2 Å². The van der Waals surface area contributed by atoms with E-state index in [1.807, 2.05) is 11.8 Å². The molecule has 0 aliphatic carbocycles. The van der Waals surface area contributed by atoms with Crippen molar-refractivity contribution in [3.8, 4) is 0 Å². The minimum atomic E-state index is -1.01. The SMILES string of the molecule is CCCc1cc(C(=O)NC[C@]2(O)CCN(c3ncccn3)C2)no1. The molecule has 8 heteroatoms. The van der Waals surface area contributed by atoms with Crippen molar-refractivity contribution in [2.75, 3.05) is 24.5 Å². The van der Waals surface area contributed by atoms with E-state index < -0.39 is 5.60 Å². The molecule has 1 aliphatic heterocycles. The largest absolute Gasteiger partial charge is 0.386 e. The summed E-state index contributed by atoms with van der Waals surface area (Å²) in [4.78, 5) is 22.4. The topological polar surface area (TPSA) is 104 Å². The van der Waals surface area contributed by atoms with Gasteiger partial charge in [-0.25, -0.2) is 9.97 Å². The zero-order valence-corrected chi connectivity index (χ0v) is 13.6. The fourth-order valence-corrected chi connectivity index (χ4v) is 2.75. The van der Waals surface area contributed by atoms with Crippen molar-refractivity contribution in [3.63, 3.8) is 0 Å². The number of amides is 1. The molecule has 0 spiro atoms. The summed E-state index contributed by atoms with van der Waals surface area (Å²) in [5, 5.41) is 17.1. The molecule has 1 atom stereocenters. The number of hydrogen-bond donors (Lipinski definition) is 2. The van der Waals surface area contributed by atoms with Crippen LogP contribution in [-0.2, 0) is 6.42 Å². The molecule has 24 heavy (non-hydrogen) atoms. The summed E-state index contributed by atoms with van der Waals surface area (Å²) in [6.07, 6.45) is 5.54. The number of aromatic nitrogens is 3. The van der Waals surface area contributed by atoms with E-state index in [2.05, 4.69) is 20.4 Å². The number of carbonyl (C=O) groups is 1. The standard InChI is InChI=1S/C16H21N5O3/c1-2-4-12-9-13(20-24-12)14(22)19-10-16(23)5-8-21(11-16)15-17-6-3-7-18-15/h3,6-7,9,23H,2,4-5,8,10-11H2,1H3,(H,19,22)/t16-/m1/s1. The second-order valence-corrected chi connectivity index (χ2v) is 6.06. The Hall–Kier alpha value is -2.48. The van der Waals surface area contributed by atoms with Gasteiger partial charge in [-0.2, -0.15) is 0 Å². The van der Waals surface area contributed by atoms with Gasteiger partial charge in [-0.1, -0.05) is 12.1 Å². The first-order valence-corrected chi connectivity index (χ1v) is 8.08. The molecule has 3 heterocycles.